The molecule has 4 nitrogen and oxygen atoms in total. The van der Waals surface area contributed by atoms with Crippen molar-refractivity contribution in [3.8, 4) is 0 Å². The van der Waals surface area contributed by atoms with E-state index in [1.54, 1.807) is 10.4 Å². The highest BCUT2D eigenvalue weighted by Gasteiger charge is 2.29. The maximum absolute atomic E-state index is 12.7. The van der Waals surface area contributed by atoms with Gasteiger partial charge < -0.3 is 4.90 Å². The molecule has 1 aliphatic heterocycles. The van der Waals surface area contributed by atoms with Crippen molar-refractivity contribution in [2.75, 3.05) is 33.2 Å². The minimum atomic E-state index is -3.40. The molecule has 0 amide bonds. The summed E-state index contributed by atoms with van der Waals surface area (Å²) in [5.74, 6) is 0. The quantitative estimate of drug-likeness (QED) is 0.822. The van der Waals surface area contributed by atoms with E-state index < -0.39 is 10.0 Å². The topological polar surface area (TPSA) is 40.6 Å². The van der Waals surface area contributed by atoms with Gasteiger partial charge in [-0.25, -0.2) is 8.42 Å². The van der Waals surface area contributed by atoms with E-state index in [-0.39, 0.29) is 0 Å². The number of benzene rings is 1. The molecule has 0 atom stereocenters. The van der Waals surface area contributed by atoms with E-state index in [0.717, 1.165) is 24.2 Å². The fourth-order valence-electron chi connectivity index (χ4n) is 2.12. The number of likely N-dealkylation sites (N-methyl/N-ethyl adjacent to an activating group) is 1. The molecule has 0 N–H and O–H groups in total. The molecule has 19 heavy (non-hydrogen) atoms. The van der Waals surface area contributed by atoms with Gasteiger partial charge in [-0.15, -0.1) is 0 Å². The van der Waals surface area contributed by atoms with Crippen molar-refractivity contribution in [3.05, 3.63) is 27.7 Å². The largest absolute Gasteiger partial charge is 0.304 e. The summed E-state index contributed by atoms with van der Waals surface area (Å²) >= 11 is 3.38. The number of hydrogen-bond donors (Lipinski definition) is 0. The van der Waals surface area contributed by atoms with E-state index in [1.807, 2.05) is 27.0 Å². The maximum atomic E-state index is 12.7. The smallest absolute Gasteiger partial charge is 0.244 e. The lowest BCUT2D eigenvalue weighted by Crippen LogP contribution is -2.47. The minimum absolute atomic E-state index is 0.375. The Morgan fingerprint density at radius 3 is 2.16 bits per heavy atom. The first-order valence-corrected chi connectivity index (χ1v) is 8.51. The van der Waals surface area contributed by atoms with Gasteiger partial charge in [0.25, 0.3) is 0 Å². The number of sulfonamides is 1. The Morgan fingerprint density at radius 2 is 1.58 bits per heavy atom. The second kappa shape index (κ2) is 5.52. The van der Waals surface area contributed by atoms with Crippen LogP contribution in [0.3, 0.4) is 0 Å². The van der Waals surface area contributed by atoms with Crippen LogP contribution in [0, 0.1) is 13.8 Å². The van der Waals surface area contributed by atoms with Gasteiger partial charge in [-0.3, -0.25) is 0 Å². The molecule has 1 heterocycles. The van der Waals surface area contributed by atoms with Crippen molar-refractivity contribution in [3.63, 3.8) is 0 Å². The van der Waals surface area contributed by atoms with Gasteiger partial charge in [0.15, 0.2) is 0 Å². The standard InChI is InChI=1S/C13H19BrN2O2S/c1-10-8-12(14)13(9-11(10)2)19(17,18)16-6-4-15(3)5-7-16/h8-9H,4-7H2,1-3H3. The molecule has 1 aromatic rings. The second-order valence-corrected chi connectivity index (χ2v) is 7.83. The molecule has 1 saturated heterocycles. The van der Waals surface area contributed by atoms with E-state index >= 15 is 0 Å². The number of nitrogens with zero attached hydrogens (tertiary/aromatic N) is 2. The summed E-state index contributed by atoms with van der Waals surface area (Å²) in [4.78, 5) is 2.52. The number of halogens is 1. The molecule has 0 radical (unpaired) electrons. The predicted molar refractivity (Wildman–Crippen MR) is 79.9 cm³/mol. The zero-order valence-corrected chi connectivity index (χ0v) is 13.9. The zero-order chi connectivity index (χ0) is 14.2. The van der Waals surface area contributed by atoms with Gasteiger partial charge in [0, 0.05) is 30.7 Å². The van der Waals surface area contributed by atoms with Crippen LogP contribution < -0.4 is 0 Å². The molecule has 0 bridgehead atoms. The third-order valence-electron chi connectivity index (χ3n) is 3.63. The first-order valence-electron chi connectivity index (χ1n) is 6.28. The lowest BCUT2D eigenvalue weighted by atomic mass is 10.1. The Morgan fingerprint density at radius 1 is 1.05 bits per heavy atom. The van der Waals surface area contributed by atoms with Crippen molar-refractivity contribution < 1.29 is 8.42 Å². The zero-order valence-electron chi connectivity index (χ0n) is 11.5. The van der Waals surface area contributed by atoms with Gasteiger partial charge >= 0.3 is 0 Å². The van der Waals surface area contributed by atoms with Gasteiger partial charge in [-0.05, 0) is 60.1 Å². The third-order valence-corrected chi connectivity index (χ3v) is 6.49. The molecular formula is C13H19BrN2O2S. The Hall–Kier alpha value is -0.430. The van der Waals surface area contributed by atoms with Crippen LogP contribution in [0.4, 0.5) is 0 Å². The van der Waals surface area contributed by atoms with Crippen molar-refractivity contribution in [2.45, 2.75) is 18.7 Å². The lowest BCUT2D eigenvalue weighted by Gasteiger charge is -2.31. The predicted octanol–water partition coefficient (Wildman–Crippen LogP) is 2.00. The van der Waals surface area contributed by atoms with Crippen molar-refractivity contribution in [1.29, 1.82) is 0 Å². The van der Waals surface area contributed by atoms with E-state index in [0.29, 0.717) is 22.5 Å². The van der Waals surface area contributed by atoms with Gasteiger partial charge in [0.05, 0.1) is 4.90 Å². The summed E-state index contributed by atoms with van der Waals surface area (Å²) in [6, 6.07) is 3.63. The normalized spacial score (nSPS) is 18.7. The third kappa shape index (κ3) is 3.02. The molecule has 0 unspecified atom stereocenters. The average Bonchev–Trinajstić information content (AvgIpc) is 2.34. The number of aryl methyl sites for hydroxylation is 2. The lowest BCUT2D eigenvalue weighted by molar-refractivity contribution is 0.222. The van der Waals surface area contributed by atoms with Crippen LogP contribution in [-0.4, -0.2) is 50.8 Å². The highest BCUT2D eigenvalue weighted by molar-refractivity contribution is 9.10. The van der Waals surface area contributed by atoms with Gasteiger partial charge in [-0.1, -0.05) is 0 Å². The average molecular weight is 347 g/mol. The molecule has 1 aromatic carbocycles. The summed E-state index contributed by atoms with van der Waals surface area (Å²) in [5.41, 5.74) is 2.08. The maximum Gasteiger partial charge on any atom is 0.244 e. The van der Waals surface area contributed by atoms with Crippen LogP contribution in [0.5, 0.6) is 0 Å². The molecule has 106 valence electrons. The van der Waals surface area contributed by atoms with Gasteiger partial charge in [0.1, 0.15) is 0 Å². The Bertz CT molecular complexity index is 579. The molecule has 0 spiro atoms. The van der Waals surface area contributed by atoms with Crippen molar-refractivity contribution in [1.82, 2.24) is 9.21 Å². The molecule has 1 aliphatic rings. The minimum Gasteiger partial charge on any atom is -0.304 e. The molecule has 0 aliphatic carbocycles. The summed E-state index contributed by atoms with van der Waals surface area (Å²) in [7, 11) is -1.39. The molecule has 2 rings (SSSR count). The Kier molecular flexibility index (Phi) is 4.35. The van der Waals surface area contributed by atoms with Crippen LogP contribution in [0.1, 0.15) is 11.1 Å². The van der Waals surface area contributed by atoms with Crippen LogP contribution in [0.15, 0.2) is 21.5 Å². The van der Waals surface area contributed by atoms with E-state index in [2.05, 4.69) is 20.8 Å². The first kappa shape index (κ1) is 15.0. The summed E-state index contributed by atoms with van der Waals surface area (Å²) in [6.45, 7) is 6.58. The fraction of sp³-hybridized carbons (Fsp3) is 0.538. The highest BCUT2D eigenvalue weighted by Crippen LogP contribution is 2.28. The Labute approximate surface area is 123 Å². The Balaban J connectivity index is 2.37. The molecule has 0 saturated carbocycles. The monoisotopic (exact) mass is 346 g/mol. The van der Waals surface area contributed by atoms with E-state index in [9.17, 15) is 8.42 Å². The molecular weight excluding hydrogens is 328 g/mol. The van der Waals surface area contributed by atoms with Crippen LogP contribution in [0.2, 0.25) is 0 Å². The summed E-state index contributed by atoms with van der Waals surface area (Å²) in [6.07, 6.45) is 0. The SMILES string of the molecule is Cc1cc(Br)c(S(=O)(=O)N2CCN(C)CC2)cc1C. The number of rotatable bonds is 2. The van der Waals surface area contributed by atoms with E-state index in [4.69, 9.17) is 0 Å². The second-order valence-electron chi connectivity index (χ2n) is 5.07. The van der Waals surface area contributed by atoms with Crippen molar-refractivity contribution >= 4 is 26.0 Å². The van der Waals surface area contributed by atoms with E-state index in [1.165, 1.54) is 0 Å². The first-order chi connectivity index (χ1) is 8.82. The van der Waals surface area contributed by atoms with Crippen LogP contribution >= 0.6 is 15.9 Å². The van der Waals surface area contributed by atoms with Crippen molar-refractivity contribution in [2.24, 2.45) is 0 Å². The fourth-order valence-corrected chi connectivity index (χ4v) is 4.74. The molecule has 1 fully saturated rings. The summed E-state index contributed by atoms with van der Waals surface area (Å²) < 4.78 is 27.5. The molecule has 0 aromatic heterocycles. The van der Waals surface area contributed by atoms with Gasteiger partial charge in [0.2, 0.25) is 10.0 Å². The summed E-state index contributed by atoms with van der Waals surface area (Å²) in [5, 5.41) is 0. The van der Waals surface area contributed by atoms with Crippen LogP contribution in [-0.2, 0) is 10.0 Å². The number of hydrogen-bond acceptors (Lipinski definition) is 3. The molecule has 6 heteroatoms. The number of piperazine rings is 1. The highest BCUT2D eigenvalue weighted by atomic mass is 79.9. The van der Waals surface area contributed by atoms with Crippen LogP contribution in [0.25, 0.3) is 0 Å². The van der Waals surface area contributed by atoms with Gasteiger partial charge in [-0.2, -0.15) is 4.31 Å².